The Hall–Kier alpha value is -1.71. The molecule has 1 rings (SSSR count). The highest BCUT2D eigenvalue weighted by molar-refractivity contribution is 5.95. The molecule has 0 spiro atoms. The summed E-state index contributed by atoms with van der Waals surface area (Å²) >= 11 is 0. The van der Waals surface area contributed by atoms with Gasteiger partial charge in [0, 0.05) is 11.6 Å². The van der Waals surface area contributed by atoms with E-state index in [-0.39, 0.29) is 17.4 Å². The lowest BCUT2D eigenvalue weighted by atomic mass is 10.1. The molecule has 1 aromatic rings. The van der Waals surface area contributed by atoms with Gasteiger partial charge in [0.1, 0.15) is 5.69 Å². The van der Waals surface area contributed by atoms with Gasteiger partial charge in [0.25, 0.3) is 0 Å². The molecule has 0 bridgehead atoms. The number of hydrogen-bond donors (Lipinski definition) is 0. The second-order valence-electron chi connectivity index (χ2n) is 2.50. The van der Waals surface area contributed by atoms with Gasteiger partial charge in [-0.15, -0.1) is 0 Å². The highest BCUT2D eigenvalue weighted by atomic mass is 16.5. The lowest BCUT2D eigenvalue weighted by Crippen LogP contribution is -1.99. The van der Waals surface area contributed by atoms with Crippen molar-refractivity contribution in [1.29, 1.82) is 0 Å². The van der Waals surface area contributed by atoms with Crippen LogP contribution in [0.1, 0.15) is 27.8 Å². The average molecular weight is 179 g/mol. The van der Waals surface area contributed by atoms with Crippen molar-refractivity contribution in [3.8, 4) is 5.88 Å². The Morgan fingerprint density at radius 2 is 2.23 bits per heavy atom. The zero-order chi connectivity index (χ0) is 9.84. The standard InChI is InChI=1S/C9H9NO3/c1-6(12)7-3-8(5-11)10-9(4-7)13-2/h3-5H,1-2H3. The van der Waals surface area contributed by atoms with Gasteiger partial charge in [-0.25, -0.2) is 4.98 Å². The normalized spacial score (nSPS) is 9.38. The summed E-state index contributed by atoms with van der Waals surface area (Å²) in [5.41, 5.74) is 0.624. The molecular formula is C9H9NO3. The summed E-state index contributed by atoms with van der Waals surface area (Å²) < 4.78 is 4.83. The van der Waals surface area contributed by atoms with E-state index < -0.39 is 0 Å². The van der Waals surface area contributed by atoms with Gasteiger partial charge in [-0.2, -0.15) is 0 Å². The van der Waals surface area contributed by atoms with E-state index in [1.165, 1.54) is 26.2 Å². The first-order chi connectivity index (χ1) is 6.17. The van der Waals surface area contributed by atoms with E-state index in [9.17, 15) is 9.59 Å². The van der Waals surface area contributed by atoms with Crippen LogP contribution in [0, 0.1) is 0 Å². The summed E-state index contributed by atoms with van der Waals surface area (Å²) in [5, 5.41) is 0. The zero-order valence-electron chi connectivity index (χ0n) is 7.40. The third-order valence-corrected chi connectivity index (χ3v) is 1.56. The van der Waals surface area contributed by atoms with Crippen LogP contribution in [0.5, 0.6) is 5.88 Å². The van der Waals surface area contributed by atoms with Crippen molar-refractivity contribution < 1.29 is 14.3 Å². The second kappa shape index (κ2) is 3.80. The molecule has 0 atom stereocenters. The van der Waals surface area contributed by atoms with E-state index in [1.54, 1.807) is 0 Å². The number of hydrogen-bond acceptors (Lipinski definition) is 4. The largest absolute Gasteiger partial charge is 0.481 e. The summed E-state index contributed by atoms with van der Waals surface area (Å²) in [6.07, 6.45) is 0.578. The molecule has 0 aliphatic carbocycles. The fourth-order valence-electron chi connectivity index (χ4n) is 0.894. The van der Waals surface area contributed by atoms with E-state index in [0.717, 1.165) is 0 Å². The molecule has 0 aromatic carbocycles. The molecule has 0 saturated carbocycles. The van der Waals surface area contributed by atoms with Crippen LogP contribution in [0.3, 0.4) is 0 Å². The first-order valence-corrected chi connectivity index (χ1v) is 3.69. The first-order valence-electron chi connectivity index (χ1n) is 3.69. The number of Topliss-reactive ketones (excluding diaryl/α,β-unsaturated/α-hetero) is 1. The zero-order valence-corrected chi connectivity index (χ0v) is 7.40. The number of pyridine rings is 1. The minimum atomic E-state index is -0.121. The van der Waals surface area contributed by atoms with Gasteiger partial charge in [-0.05, 0) is 13.0 Å². The molecule has 0 saturated heterocycles. The van der Waals surface area contributed by atoms with Crippen LogP contribution in [0.25, 0.3) is 0 Å². The van der Waals surface area contributed by atoms with Crippen LogP contribution in [0.4, 0.5) is 0 Å². The van der Waals surface area contributed by atoms with Gasteiger partial charge >= 0.3 is 0 Å². The predicted molar refractivity (Wildman–Crippen MR) is 46.2 cm³/mol. The summed E-state index contributed by atoms with van der Waals surface area (Å²) in [4.78, 5) is 25.2. The number of aromatic nitrogens is 1. The third-order valence-electron chi connectivity index (χ3n) is 1.56. The minimum absolute atomic E-state index is 0.121. The Kier molecular flexibility index (Phi) is 2.74. The van der Waals surface area contributed by atoms with Crippen molar-refractivity contribution >= 4 is 12.1 Å². The van der Waals surface area contributed by atoms with E-state index in [0.29, 0.717) is 11.8 Å². The lowest BCUT2D eigenvalue weighted by Gasteiger charge is -2.01. The van der Waals surface area contributed by atoms with Gasteiger partial charge < -0.3 is 4.74 Å². The number of rotatable bonds is 3. The van der Waals surface area contributed by atoms with Gasteiger partial charge in [0.15, 0.2) is 12.1 Å². The molecule has 4 nitrogen and oxygen atoms in total. The average Bonchev–Trinajstić information content (AvgIpc) is 2.16. The van der Waals surface area contributed by atoms with Gasteiger partial charge in [0.05, 0.1) is 7.11 Å². The van der Waals surface area contributed by atoms with Crippen LogP contribution in [0.2, 0.25) is 0 Å². The first kappa shape index (κ1) is 9.38. The monoisotopic (exact) mass is 179 g/mol. The predicted octanol–water partition coefficient (Wildman–Crippen LogP) is 1.11. The quantitative estimate of drug-likeness (QED) is 0.515. The Balaban J connectivity index is 3.22. The molecule has 0 radical (unpaired) electrons. The van der Waals surface area contributed by atoms with E-state index in [2.05, 4.69) is 4.98 Å². The van der Waals surface area contributed by atoms with Crippen LogP contribution < -0.4 is 4.74 Å². The lowest BCUT2D eigenvalue weighted by molar-refractivity contribution is 0.101. The molecule has 0 aliphatic rings. The number of ether oxygens (including phenoxy) is 1. The Morgan fingerprint density at radius 3 is 2.69 bits per heavy atom. The third kappa shape index (κ3) is 2.11. The maximum atomic E-state index is 11.0. The number of carbonyl (C=O) groups is 2. The van der Waals surface area contributed by atoms with Crippen molar-refractivity contribution in [2.75, 3.05) is 7.11 Å². The topological polar surface area (TPSA) is 56.3 Å². The summed E-state index contributed by atoms with van der Waals surface area (Å²) in [5.74, 6) is 0.151. The Morgan fingerprint density at radius 1 is 1.54 bits per heavy atom. The molecule has 0 fully saturated rings. The van der Waals surface area contributed by atoms with Crippen molar-refractivity contribution in [1.82, 2.24) is 4.98 Å². The highest BCUT2D eigenvalue weighted by Gasteiger charge is 2.05. The van der Waals surface area contributed by atoms with E-state index >= 15 is 0 Å². The second-order valence-corrected chi connectivity index (χ2v) is 2.50. The van der Waals surface area contributed by atoms with Gasteiger partial charge in [0.2, 0.25) is 5.88 Å². The smallest absolute Gasteiger partial charge is 0.214 e. The van der Waals surface area contributed by atoms with Crippen molar-refractivity contribution in [2.45, 2.75) is 6.92 Å². The molecule has 0 unspecified atom stereocenters. The van der Waals surface area contributed by atoms with Crippen LogP contribution in [0.15, 0.2) is 12.1 Å². The number of methoxy groups -OCH3 is 1. The molecular weight excluding hydrogens is 170 g/mol. The molecule has 4 heteroatoms. The molecule has 1 aromatic heterocycles. The summed E-state index contributed by atoms with van der Waals surface area (Å²) in [6.45, 7) is 1.42. The van der Waals surface area contributed by atoms with Crippen molar-refractivity contribution in [3.63, 3.8) is 0 Å². The fraction of sp³-hybridized carbons (Fsp3) is 0.222. The molecule has 1 heterocycles. The van der Waals surface area contributed by atoms with Crippen LogP contribution in [-0.2, 0) is 0 Å². The molecule has 13 heavy (non-hydrogen) atoms. The van der Waals surface area contributed by atoms with Gasteiger partial charge in [-0.1, -0.05) is 0 Å². The van der Waals surface area contributed by atoms with Crippen molar-refractivity contribution in [2.24, 2.45) is 0 Å². The van der Waals surface area contributed by atoms with Crippen LogP contribution in [-0.4, -0.2) is 24.2 Å². The number of carbonyl (C=O) groups excluding carboxylic acids is 2. The number of ketones is 1. The summed E-state index contributed by atoms with van der Waals surface area (Å²) in [7, 11) is 1.43. The van der Waals surface area contributed by atoms with E-state index in [1.807, 2.05) is 0 Å². The highest BCUT2D eigenvalue weighted by Crippen LogP contribution is 2.11. The Bertz CT molecular complexity index is 347. The van der Waals surface area contributed by atoms with Gasteiger partial charge in [-0.3, -0.25) is 9.59 Å². The molecule has 0 aliphatic heterocycles. The minimum Gasteiger partial charge on any atom is -0.481 e. The maximum Gasteiger partial charge on any atom is 0.214 e. The molecule has 68 valence electrons. The molecule has 0 N–H and O–H groups in total. The number of nitrogens with zero attached hydrogens (tertiary/aromatic N) is 1. The number of aldehydes is 1. The van der Waals surface area contributed by atoms with Crippen molar-refractivity contribution in [3.05, 3.63) is 23.4 Å². The SMILES string of the molecule is COc1cc(C(C)=O)cc(C=O)n1. The Labute approximate surface area is 75.5 Å². The summed E-state index contributed by atoms with van der Waals surface area (Å²) in [6, 6.07) is 2.92. The van der Waals surface area contributed by atoms with Crippen LogP contribution >= 0.6 is 0 Å². The molecule has 0 amide bonds. The fourth-order valence-corrected chi connectivity index (χ4v) is 0.894. The van der Waals surface area contributed by atoms with E-state index in [4.69, 9.17) is 4.74 Å². The maximum absolute atomic E-state index is 11.0.